The minimum atomic E-state index is 1.24. The summed E-state index contributed by atoms with van der Waals surface area (Å²) in [6, 6.07) is 48.6. The first-order valence-electron chi connectivity index (χ1n) is 11.8. The lowest BCUT2D eigenvalue weighted by molar-refractivity contribution is 1.62. The van der Waals surface area contributed by atoms with Crippen molar-refractivity contribution in [2.75, 3.05) is 0 Å². The summed E-state index contributed by atoms with van der Waals surface area (Å²) in [6.45, 7) is 0. The number of hydrogen-bond acceptors (Lipinski definition) is 0. The Morgan fingerprint density at radius 2 is 0.853 bits per heavy atom. The molecule has 0 saturated heterocycles. The van der Waals surface area contributed by atoms with Gasteiger partial charge in [0.25, 0.3) is 0 Å². The van der Waals surface area contributed by atoms with Crippen LogP contribution in [0.2, 0.25) is 0 Å². The molecule has 0 N–H and O–H groups in total. The lowest BCUT2D eigenvalue weighted by Gasteiger charge is -2.11. The van der Waals surface area contributed by atoms with Crippen molar-refractivity contribution in [2.24, 2.45) is 0 Å². The van der Waals surface area contributed by atoms with Crippen molar-refractivity contribution in [1.29, 1.82) is 0 Å². The van der Waals surface area contributed by atoms with Crippen molar-refractivity contribution in [3.63, 3.8) is 0 Å². The van der Waals surface area contributed by atoms with Crippen LogP contribution in [-0.4, -0.2) is 0 Å². The molecule has 7 rings (SSSR count). The summed E-state index contributed by atoms with van der Waals surface area (Å²) < 4.78 is 0. The molecule has 0 bridgehead atoms. The van der Waals surface area contributed by atoms with Gasteiger partial charge in [-0.25, -0.2) is 0 Å². The van der Waals surface area contributed by atoms with Crippen molar-refractivity contribution in [3.05, 3.63) is 133 Å². The molecule has 0 nitrogen and oxygen atoms in total. The lowest BCUT2D eigenvalue weighted by atomic mass is 9.93. The van der Waals surface area contributed by atoms with E-state index in [2.05, 4.69) is 133 Å². The van der Waals surface area contributed by atoms with Gasteiger partial charge in [-0.05, 0) is 71.4 Å². The topological polar surface area (TPSA) is 0 Å². The third kappa shape index (κ3) is 3.00. The lowest BCUT2D eigenvalue weighted by Crippen LogP contribution is -1.84. The average Bonchev–Trinajstić information content (AvgIpc) is 2.92. The van der Waals surface area contributed by atoms with E-state index in [1.54, 1.807) is 0 Å². The average molecular weight is 431 g/mol. The monoisotopic (exact) mass is 430 g/mol. The molecule has 158 valence electrons. The molecule has 0 aliphatic rings. The second kappa shape index (κ2) is 7.57. The highest BCUT2D eigenvalue weighted by Crippen LogP contribution is 2.35. The van der Waals surface area contributed by atoms with Gasteiger partial charge in [0.2, 0.25) is 0 Å². The van der Waals surface area contributed by atoms with Crippen molar-refractivity contribution in [3.8, 4) is 22.3 Å². The molecule has 0 unspecified atom stereocenters. The van der Waals surface area contributed by atoms with Gasteiger partial charge >= 0.3 is 0 Å². The number of benzene rings is 7. The van der Waals surface area contributed by atoms with E-state index in [0.717, 1.165) is 0 Å². The van der Waals surface area contributed by atoms with Crippen LogP contribution in [0.25, 0.3) is 65.3 Å². The summed E-state index contributed by atoms with van der Waals surface area (Å²) in [5.41, 5.74) is 5.01. The highest BCUT2D eigenvalue weighted by atomic mass is 14.1. The molecule has 0 amide bonds. The first-order chi connectivity index (χ1) is 16.8. The van der Waals surface area contributed by atoms with Crippen molar-refractivity contribution >= 4 is 43.1 Å². The molecule has 0 heterocycles. The number of rotatable bonds is 2. The summed E-state index contributed by atoms with van der Waals surface area (Å²) in [5.74, 6) is 0. The number of fused-ring (bicyclic) bond motifs is 6. The van der Waals surface area contributed by atoms with E-state index in [9.17, 15) is 0 Å². The van der Waals surface area contributed by atoms with E-state index in [0.29, 0.717) is 0 Å². The standard InChI is InChI=1S/C34H22/c1-3-9-30-24(6-1)8-5-11-31(30)26-14-12-23(13-15-26)28-20-21-33-29(22-28)19-18-27-17-16-25-7-2-4-10-32(25)34(27)33/h1-22H. The Morgan fingerprint density at radius 3 is 1.68 bits per heavy atom. The Kier molecular flexibility index (Phi) is 4.25. The molecule has 34 heavy (non-hydrogen) atoms. The van der Waals surface area contributed by atoms with Crippen LogP contribution in [0.15, 0.2) is 133 Å². The van der Waals surface area contributed by atoms with E-state index in [-0.39, 0.29) is 0 Å². The predicted molar refractivity (Wildman–Crippen MR) is 147 cm³/mol. The van der Waals surface area contributed by atoms with E-state index in [1.165, 1.54) is 65.3 Å². The van der Waals surface area contributed by atoms with E-state index in [4.69, 9.17) is 0 Å². The molecular weight excluding hydrogens is 408 g/mol. The van der Waals surface area contributed by atoms with E-state index < -0.39 is 0 Å². The zero-order valence-electron chi connectivity index (χ0n) is 18.7. The summed E-state index contributed by atoms with van der Waals surface area (Å²) in [4.78, 5) is 0. The maximum absolute atomic E-state index is 2.32. The maximum atomic E-state index is 2.32. The second-order valence-electron chi connectivity index (χ2n) is 8.99. The fourth-order valence-electron chi connectivity index (χ4n) is 5.33. The van der Waals surface area contributed by atoms with Crippen LogP contribution in [-0.2, 0) is 0 Å². The van der Waals surface area contributed by atoms with Gasteiger partial charge in [0, 0.05) is 0 Å². The minimum absolute atomic E-state index is 1.24. The highest BCUT2D eigenvalue weighted by molar-refractivity contribution is 6.20. The van der Waals surface area contributed by atoms with Gasteiger partial charge in [-0.15, -0.1) is 0 Å². The Hall–Kier alpha value is -4.42. The third-order valence-electron chi connectivity index (χ3n) is 7.04. The molecule has 0 saturated carbocycles. The Balaban J connectivity index is 1.34. The fraction of sp³-hybridized carbons (Fsp3) is 0. The van der Waals surface area contributed by atoms with Gasteiger partial charge in [-0.1, -0.05) is 127 Å². The highest BCUT2D eigenvalue weighted by Gasteiger charge is 2.08. The van der Waals surface area contributed by atoms with Gasteiger partial charge < -0.3 is 0 Å². The molecule has 0 aliphatic heterocycles. The summed E-state index contributed by atoms with van der Waals surface area (Å²) in [5, 5.41) is 10.4. The molecule has 7 aromatic carbocycles. The summed E-state index contributed by atoms with van der Waals surface area (Å²) >= 11 is 0. The van der Waals surface area contributed by atoms with Gasteiger partial charge in [0.1, 0.15) is 0 Å². The molecule has 0 spiro atoms. The van der Waals surface area contributed by atoms with Crippen molar-refractivity contribution in [1.82, 2.24) is 0 Å². The molecule has 0 fully saturated rings. The Bertz CT molecular complexity index is 1830. The van der Waals surface area contributed by atoms with E-state index in [1.807, 2.05) is 0 Å². The molecule has 0 aliphatic carbocycles. The van der Waals surface area contributed by atoms with Crippen LogP contribution < -0.4 is 0 Å². The predicted octanol–water partition coefficient (Wildman–Crippen LogP) is 9.63. The van der Waals surface area contributed by atoms with Gasteiger partial charge in [-0.2, -0.15) is 0 Å². The van der Waals surface area contributed by atoms with Gasteiger partial charge in [0.05, 0.1) is 0 Å². The van der Waals surface area contributed by atoms with Crippen LogP contribution in [0.5, 0.6) is 0 Å². The molecule has 0 heteroatoms. The molecule has 0 radical (unpaired) electrons. The van der Waals surface area contributed by atoms with Crippen LogP contribution in [0.4, 0.5) is 0 Å². The Labute approximate surface area is 198 Å². The second-order valence-corrected chi connectivity index (χ2v) is 8.99. The van der Waals surface area contributed by atoms with Gasteiger partial charge in [-0.3, -0.25) is 0 Å². The summed E-state index contributed by atoms with van der Waals surface area (Å²) in [7, 11) is 0. The first-order valence-corrected chi connectivity index (χ1v) is 11.8. The third-order valence-corrected chi connectivity index (χ3v) is 7.04. The van der Waals surface area contributed by atoms with Crippen LogP contribution in [0.1, 0.15) is 0 Å². The zero-order chi connectivity index (χ0) is 22.5. The summed E-state index contributed by atoms with van der Waals surface area (Å²) in [6.07, 6.45) is 0. The number of hydrogen-bond donors (Lipinski definition) is 0. The molecule has 0 atom stereocenters. The first kappa shape index (κ1) is 19.1. The molecular formula is C34H22. The smallest absolute Gasteiger partial charge is 0.00268 e. The minimum Gasteiger partial charge on any atom is -0.0616 e. The Morgan fingerprint density at radius 1 is 0.294 bits per heavy atom. The van der Waals surface area contributed by atoms with Crippen LogP contribution >= 0.6 is 0 Å². The van der Waals surface area contributed by atoms with Crippen LogP contribution in [0.3, 0.4) is 0 Å². The normalized spacial score (nSPS) is 11.5. The van der Waals surface area contributed by atoms with Crippen molar-refractivity contribution < 1.29 is 0 Å². The fourth-order valence-corrected chi connectivity index (χ4v) is 5.33. The zero-order valence-corrected chi connectivity index (χ0v) is 18.7. The maximum Gasteiger partial charge on any atom is -0.00268 e. The van der Waals surface area contributed by atoms with Crippen LogP contribution in [0, 0.1) is 0 Å². The van der Waals surface area contributed by atoms with E-state index >= 15 is 0 Å². The molecule has 7 aromatic rings. The quantitative estimate of drug-likeness (QED) is 0.239. The van der Waals surface area contributed by atoms with Gasteiger partial charge in [0.15, 0.2) is 0 Å². The molecule has 0 aromatic heterocycles. The SMILES string of the molecule is c1ccc2c(-c3ccc(-c4ccc5c(ccc6ccc7ccccc7c65)c4)cc3)cccc2c1. The van der Waals surface area contributed by atoms with Crippen molar-refractivity contribution in [2.45, 2.75) is 0 Å². The largest absolute Gasteiger partial charge is 0.0616 e.